The first-order valence-corrected chi connectivity index (χ1v) is 6.65. The lowest BCUT2D eigenvalue weighted by Crippen LogP contribution is -2.43. The molecule has 0 saturated carbocycles. The van der Waals surface area contributed by atoms with E-state index < -0.39 is 0 Å². The zero-order chi connectivity index (χ0) is 13.7. The maximum absolute atomic E-state index is 11.4. The number of anilines is 1. The van der Waals surface area contributed by atoms with Crippen molar-refractivity contribution in [2.45, 2.75) is 32.2 Å². The van der Waals surface area contributed by atoms with Gasteiger partial charge in [-0.2, -0.15) is 4.98 Å². The van der Waals surface area contributed by atoms with Gasteiger partial charge in [0.15, 0.2) is 0 Å². The molecule has 0 aliphatic carbocycles. The van der Waals surface area contributed by atoms with Crippen molar-refractivity contribution in [3.05, 3.63) is 12.3 Å². The summed E-state index contributed by atoms with van der Waals surface area (Å²) in [4.78, 5) is 21.6. The fourth-order valence-electron chi connectivity index (χ4n) is 2.01. The Kier molecular flexibility index (Phi) is 4.54. The van der Waals surface area contributed by atoms with Crippen LogP contribution in [0.1, 0.15) is 26.2 Å². The Morgan fingerprint density at radius 1 is 1.58 bits per heavy atom. The van der Waals surface area contributed by atoms with Crippen molar-refractivity contribution in [1.82, 2.24) is 14.9 Å². The molecule has 6 nitrogen and oxygen atoms in total. The van der Waals surface area contributed by atoms with E-state index in [4.69, 9.17) is 4.74 Å². The molecule has 1 N–H and O–H groups in total. The first-order valence-electron chi connectivity index (χ1n) is 6.65. The second-order valence-corrected chi connectivity index (χ2v) is 4.72. The molecule has 1 aromatic rings. The average molecular weight is 264 g/mol. The molecule has 1 aliphatic rings. The highest BCUT2D eigenvalue weighted by molar-refractivity contribution is 5.76. The molecule has 0 bridgehead atoms. The molecule has 1 atom stereocenters. The second kappa shape index (κ2) is 6.36. The molecular formula is C13H20N4O2. The first-order chi connectivity index (χ1) is 9.19. The zero-order valence-corrected chi connectivity index (χ0v) is 11.4. The third kappa shape index (κ3) is 3.81. The monoisotopic (exact) mass is 264 g/mol. The molecular weight excluding hydrogens is 244 g/mol. The molecule has 1 aliphatic heterocycles. The summed E-state index contributed by atoms with van der Waals surface area (Å²) in [5.74, 6) is 1.33. The minimum atomic E-state index is 0.194. The van der Waals surface area contributed by atoms with Crippen molar-refractivity contribution in [2.75, 3.05) is 25.5 Å². The van der Waals surface area contributed by atoms with Gasteiger partial charge in [-0.3, -0.25) is 4.79 Å². The molecule has 0 radical (unpaired) electrons. The van der Waals surface area contributed by atoms with E-state index in [0.717, 1.165) is 12.8 Å². The molecule has 1 aromatic heterocycles. The van der Waals surface area contributed by atoms with Gasteiger partial charge < -0.3 is 15.0 Å². The molecule has 2 rings (SSSR count). The highest BCUT2D eigenvalue weighted by Crippen LogP contribution is 2.15. The van der Waals surface area contributed by atoms with Gasteiger partial charge in [-0.15, -0.1) is 0 Å². The fourth-order valence-corrected chi connectivity index (χ4v) is 2.01. The highest BCUT2D eigenvalue weighted by atomic mass is 16.5. The SMILES string of the molecule is CCCOc1ccnc(NC2CCC(=O)N(C)C2)n1. The molecule has 6 heteroatoms. The summed E-state index contributed by atoms with van der Waals surface area (Å²) < 4.78 is 5.47. The van der Waals surface area contributed by atoms with E-state index in [2.05, 4.69) is 22.2 Å². The van der Waals surface area contributed by atoms with Crippen molar-refractivity contribution in [3.8, 4) is 5.88 Å². The lowest BCUT2D eigenvalue weighted by Gasteiger charge is -2.30. The van der Waals surface area contributed by atoms with Crippen molar-refractivity contribution in [3.63, 3.8) is 0 Å². The van der Waals surface area contributed by atoms with Crippen molar-refractivity contribution < 1.29 is 9.53 Å². The third-order valence-electron chi connectivity index (χ3n) is 3.04. The molecule has 2 heterocycles. The molecule has 0 aromatic carbocycles. The number of likely N-dealkylation sites (N-methyl/N-ethyl adjacent to an activating group) is 1. The summed E-state index contributed by atoms with van der Waals surface area (Å²) in [6.07, 6.45) is 4.01. The van der Waals surface area contributed by atoms with Crippen LogP contribution in [0.5, 0.6) is 5.88 Å². The second-order valence-electron chi connectivity index (χ2n) is 4.72. The van der Waals surface area contributed by atoms with Crippen LogP contribution in [-0.4, -0.2) is 47.0 Å². The van der Waals surface area contributed by atoms with E-state index in [1.807, 2.05) is 7.05 Å². The Morgan fingerprint density at radius 3 is 3.16 bits per heavy atom. The quantitative estimate of drug-likeness (QED) is 0.868. The van der Waals surface area contributed by atoms with Crippen LogP contribution in [-0.2, 0) is 4.79 Å². The van der Waals surface area contributed by atoms with Gasteiger partial charge in [0.2, 0.25) is 17.7 Å². The Labute approximate surface area is 113 Å². The number of carbonyl (C=O) groups is 1. The topological polar surface area (TPSA) is 67.3 Å². The number of carbonyl (C=O) groups excluding carboxylic acids is 1. The van der Waals surface area contributed by atoms with E-state index >= 15 is 0 Å². The lowest BCUT2D eigenvalue weighted by atomic mass is 10.1. The summed E-state index contributed by atoms with van der Waals surface area (Å²) >= 11 is 0. The van der Waals surface area contributed by atoms with Gasteiger partial charge in [-0.05, 0) is 12.8 Å². The largest absolute Gasteiger partial charge is 0.478 e. The smallest absolute Gasteiger partial charge is 0.226 e. The number of hydrogen-bond acceptors (Lipinski definition) is 5. The van der Waals surface area contributed by atoms with Crippen LogP contribution in [0.25, 0.3) is 0 Å². The summed E-state index contributed by atoms with van der Waals surface area (Å²) in [7, 11) is 1.82. The maximum atomic E-state index is 11.4. The molecule has 1 fully saturated rings. The van der Waals surface area contributed by atoms with Crippen LogP contribution in [0.15, 0.2) is 12.3 Å². The van der Waals surface area contributed by atoms with E-state index in [1.54, 1.807) is 17.2 Å². The molecule has 1 unspecified atom stereocenters. The molecule has 1 saturated heterocycles. The minimum Gasteiger partial charge on any atom is -0.478 e. The predicted octanol–water partition coefficient (Wildman–Crippen LogP) is 1.30. The van der Waals surface area contributed by atoms with Gasteiger partial charge in [0.05, 0.1) is 6.61 Å². The van der Waals surface area contributed by atoms with Gasteiger partial charge in [0.25, 0.3) is 0 Å². The zero-order valence-electron chi connectivity index (χ0n) is 11.4. The van der Waals surface area contributed by atoms with Crippen LogP contribution >= 0.6 is 0 Å². The van der Waals surface area contributed by atoms with Gasteiger partial charge in [-0.1, -0.05) is 6.92 Å². The normalized spacial score (nSPS) is 19.4. The minimum absolute atomic E-state index is 0.194. The van der Waals surface area contributed by atoms with E-state index in [9.17, 15) is 4.79 Å². The molecule has 104 valence electrons. The van der Waals surface area contributed by atoms with Crippen molar-refractivity contribution in [1.29, 1.82) is 0 Å². The van der Waals surface area contributed by atoms with E-state index in [1.165, 1.54) is 0 Å². The summed E-state index contributed by atoms with van der Waals surface area (Å²) in [5.41, 5.74) is 0. The Balaban J connectivity index is 1.93. The van der Waals surface area contributed by atoms with Crippen molar-refractivity contribution >= 4 is 11.9 Å². The lowest BCUT2D eigenvalue weighted by molar-refractivity contribution is -0.132. The average Bonchev–Trinajstić information content (AvgIpc) is 2.41. The standard InChI is InChI=1S/C13H20N4O2/c1-3-8-19-11-6-7-14-13(16-11)15-10-4-5-12(18)17(2)9-10/h6-7,10H,3-5,8-9H2,1-2H3,(H,14,15,16). The summed E-state index contributed by atoms with van der Waals surface area (Å²) in [6.45, 7) is 3.38. The van der Waals surface area contributed by atoms with Crippen LogP contribution in [0.4, 0.5) is 5.95 Å². The molecule has 1 amide bonds. The maximum Gasteiger partial charge on any atom is 0.226 e. The summed E-state index contributed by atoms with van der Waals surface area (Å²) in [6, 6.07) is 1.95. The van der Waals surface area contributed by atoms with Crippen LogP contribution < -0.4 is 10.1 Å². The number of nitrogens with one attached hydrogen (secondary N) is 1. The Hall–Kier alpha value is -1.85. The number of nitrogens with zero attached hydrogens (tertiary/aromatic N) is 3. The van der Waals surface area contributed by atoms with Crippen LogP contribution in [0.2, 0.25) is 0 Å². The number of aromatic nitrogens is 2. The third-order valence-corrected chi connectivity index (χ3v) is 3.04. The number of hydrogen-bond donors (Lipinski definition) is 1. The number of rotatable bonds is 5. The Morgan fingerprint density at radius 2 is 2.42 bits per heavy atom. The Bertz CT molecular complexity index is 438. The number of amides is 1. The van der Waals surface area contributed by atoms with E-state index in [0.29, 0.717) is 31.4 Å². The van der Waals surface area contributed by atoms with E-state index in [-0.39, 0.29) is 11.9 Å². The number of ether oxygens (including phenoxy) is 1. The van der Waals surface area contributed by atoms with Gasteiger partial charge >= 0.3 is 0 Å². The predicted molar refractivity (Wildman–Crippen MR) is 72.1 cm³/mol. The van der Waals surface area contributed by atoms with Gasteiger partial charge in [-0.25, -0.2) is 4.98 Å². The molecule has 19 heavy (non-hydrogen) atoms. The van der Waals surface area contributed by atoms with Crippen LogP contribution in [0, 0.1) is 0 Å². The molecule has 0 spiro atoms. The fraction of sp³-hybridized carbons (Fsp3) is 0.615. The van der Waals surface area contributed by atoms with Gasteiger partial charge in [0.1, 0.15) is 0 Å². The number of piperidine rings is 1. The highest BCUT2D eigenvalue weighted by Gasteiger charge is 2.23. The first kappa shape index (κ1) is 13.6. The van der Waals surface area contributed by atoms with Crippen molar-refractivity contribution in [2.24, 2.45) is 0 Å². The summed E-state index contributed by atoms with van der Waals surface area (Å²) in [5, 5.41) is 3.25. The number of likely N-dealkylation sites (tertiary alicyclic amines) is 1. The van der Waals surface area contributed by atoms with Crippen LogP contribution in [0.3, 0.4) is 0 Å². The van der Waals surface area contributed by atoms with Gasteiger partial charge in [0, 0.05) is 38.3 Å².